The topological polar surface area (TPSA) is 65.0 Å². The highest BCUT2D eigenvalue weighted by atomic mass is 16.7. The first-order valence-corrected chi connectivity index (χ1v) is 5.29. The molecule has 16 heavy (non-hydrogen) atoms. The zero-order valence-electron chi connectivity index (χ0n) is 10.4. The van der Waals surface area contributed by atoms with Gasteiger partial charge in [0.2, 0.25) is 0 Å². The lowest BCUT2D eigenvalue weighted by molar-refractivity contribution is -0.176. The van der Waals surface area contributed by atoms with Crippen molar-refractivity contribution in [2.24, 2.45) is 5.41 Å². The number of esters is 1. The zero-order valence-corrected chi connectivity index (χ0v) is 10.4. The normalized spacial score (nSPS) is 26.5. The highest BCUT2D eigenvalue weighted by molar-refractivity contribution is 5.76. The standard InChI is InChI=1S/C11H20O5/c1-10(2,9(13)14-5)8(12)7-6-15-11(3,4)16-7/h7-8,12H,6H2,1-5H3/t7-,8-/m1/s1. The van der Waals surface area contributed by atoms with E-state index in [2.05, 4.69) is 4.74 Å². The van der Waals surface area contributed by atoms with Crippen molar-refractivity contribution >= 4 is 5.97 Å². The summed E-state index contributed by atoms with van der Waals surface area (Å²) in [6, 6.07) is 0. The third-order valence-electron chi connectivity index (χ3n) is 2.83. The second-order valence-corrected chi connectivity index (χ2v) is 5.03. The summed E-state index contributed by atoms with van der Waals surface area (Å²) in [5.74, 6) is -1.18. The largest absolute Gasteiger partial charge is 0.469 e. The lowest BCUT2D eigenvalue weighted by Crippen LogP contribution is -2.46. The van der Waals surface area contributed by atoms with E-state index in [0.29, 0.717) is 0 Å². The molecule has 0 radical (unpaired) electrons. The van der Waals surface area contributed by atoms with Crippen LogP contribution in [0, 0.1) is 5.41 Å². The van der Waals surface area contributed by atoms with Crippen molar-refractivity contribution in [3.63, 3.8) is 0 Å². The first-order chi connectivity index (χ1) is 7.20. The minimum Gasteiger partial charge on any atom is -0.469 e. The quantitative estimate of drug-likeness (QED) is 0.725. The third kappa shape index (κ3) is 2.53. The number of carbonyl (C=O) groups is 1. The summed E-state index contributed by atoms with van der Waals surface area (Å²) in [6.45, 7) is 7.06. The average molecular weight is 232 g/mol. The number of hydrogen-bond donors (Lipinski definition) is 1. The van der Waals surface area contributed by atoms with Gasteiger partial charge in [-0.2, -0.15) is 0 Å². The Morgan fingerprint density at radius 3 is 2.50 bits per heavy atom. The molecule has 0 saturated carbocycles. The lowest BCUT2D eigenvalue weighted by atomic mass is 9.83. The van der Waals surface area contributed by atoms with Crippen molar-refractivity contribution in [3.8, 4) is 0 Å². The number of carbonyl (C=O) groups excluding carboxylic acids is 1. The van der Waals surface area contributed by atoms with E-state index in [1.165, 1.54) is 7.11 Å². The molecule has 0 spiro atoms. The maximum absolute atomic E-state index is 11.5. The Morgan fingerprint density at radius 2 is 2.12 bits per heavy atom. The Kier molecular flexibility index (Phi) is 3.62. The molecule has 0 bridgehead atoms. The molecule has 1 saturated heterocycles. The summed E-state index contributed by atoms with van der Waals surface area (Å²) >= 11 is 0. The molecular weight excluding hydrogens is 212 g/mol. The predicted octanol–water partition coefficient (Wildman–Crippen LogP) is 0.698. The van der Waals surface area contributed by atoms with Gasteiger partial charge in [0, 0.05) is 0 Å². The summed E-state index contributed by atoms with van der Waals surface area (Å²) in [5, 5.41) is 10.1. The molecule has 0 amide bonds. The average Bonchev–Trinajstić information content (AvgIpc) is 2.56. The second kappa shape index (κ2) is 4.31. The number of ether oxygens (including phenoxy) is 3. The van der Waals surface area contributed by atoms with Crippen molar-refractivity contribution < 1.29 is 24.1 Å². The maximum Gasteiger partial charge on any atom is 0.313 e. The van der Waals surface area contributed by atoms with Crippen molar-refractivity contribution in [3.05, 3.63) is 0 Å². The summed E-state index contributed by atoms with van der Waals surface area (Å²) in [4.78, 5) is 11.5. The molecule has 94 valence electrons. The SMILES string of the molecule is COC(=O)C(C)(C)[C@H](O)[C@H]1COC(C)(C)O1. The van der Waals surface area contributed by atoms with Gasteiger partial charge in [0.05, 0.1) is 25.2 Å². The van der Waals surface area contributed by atoms with Crippen molar-refractivity contribution in [1.82, 2.24) is 0 Å². The molecule has 5 nitrogen and oxygen atoms in total. The van der Waals surface area contributed by atoms with Crippen LogP contribution >= 0.6 is 0 Å². The van der Waals surface area contributed by atoms with Crippen LogP contribution in [0.15, 0.2) is 0 Å². The number of rotatable bonds is 3. The molecule has 2 atom stereocenters. The molecule has 0 aromatic heterocycles. The van der Waals surface area contributed by atoms with Gasteiger partial charge in [-0.3, -0.25) is 4.79 Å². The fourth-order valence-corrected chi connectivity index (χ4v) is 1.72. The maximum atomic E-state index is 11.5. The van der Waals surface area contributed by atoms with Crippen LogP contribution in [0.3, 0.4) is 0 Å². The second-order valence-electron chi connectivity index (χ2n) is 5.03. The van der Waals surface area contributed by atoms with Crippen LogP contribution in [-0.2, 0) is 19.0 Å². The molecule has 1 aliphatic rings. The van der Waals surface area contributed by atoms with E-state index in [1.807, 2.05) is 0 Å². The highest BCUT2D eigenvalue weighted by Gasteiger charge is 2.46. The smallest absolute Gasteiger partial charge is 0.313 e. The summed E-state index contributed by atoms with van der Waals surface area (Å²) in [6.07, 6.45) is -1.47. The van der Waals surface area contributed by atoms with Crippen LogP contribution < -0.4 is 0 Å². The molecule has 0 aromatic rings. The predicted molar refractivity (Wildman–Crippen MR) is 56.7 cm³/mol. The fourth-order valence-electron chi connectivity index (χ4n) is 1.72. The number of aliphatic hydroxyl groups is 1. The fraction of sp³-hybridized carbons (Fsp3) is 0.909. The van der Waals surface area contributed by atoms with E-state index in [-0.39, 0.29) is 6.61 Å². The zero-order chi connectivity index (χ0) is 12.6. The van der Waals surface area contributed by atoms with E-state index in [9.17, 15) is 9.90 Å². The Labute approximate surface area is 95.7 Å². The lowest BCUT2D eigenvalue weighted by Gasteiger charge is -2.31. The molecule has 1 heterocycles. The Hall–Kier alpha value is -0.650. The molecule has 5 heteroatoms. The number of methoxy groups -OCH3 is 1. The van der Waals surface area contributed by atoms with Gasteiger partial charge in [-0.25, -0.2) is 0 Å². The minimum absolute atomic E-state index is 0.272. The third-order valence-corrected chi connectivity index (χ3v) is 2.83. The summed E-state index contributed by atoms with van der Waals surface area (Å²) < 4.78 is 15.5. The van der Waals surface area contributed by atoms with Crippen LogP contribution in [0.2, 0.25) is 0 Å². The van der Waals surface area contributed by atoms with Gasteiger partial charge in [-0.05, 0) is 27.7 Å². The first kappa shape index (κ1) is 13.4. The highest BCUT2D eigenvalue weighted by Crippen LogP contribution is 2.32. The molecule has 1 fully saturated rings. The van der Waals surface area contributed by atoms with Crippen LogP contribution in [0.5, 0.6) is 0 Å². The van der Waals surface area contributed by atoms with Gasteiger partial charge in [0.15, 0.2) is 5.79 Å². The van der Waals surface area contributed by atoms with E-state index >= 15 is 0 Å². The van der Waals surface area contributed by atoms with E-state index in [4.69, 9.17) is 9.47 Å². The molecule has 1 aliphatic heterocycles. The molecule has 1 N–H and O–H groups in total. The number of hydrogen-bond acceptors (Lipinski definition) is 5. The molecule has 0 aromatic carbocycles. The molecular formula is C11H20O5. The molecule has 0 unspecified atom stereocenters. The Balaban J connectivity index is 2.71. The van der Waals surface area contributed by atoms with E-state index < -0.39 is 29.4 Å². The van der Waals surface area contributed by atoms with Gasteiger partial charge in [-0.1, -0.05) is 0 Å². The summed E-state index contributed by atoms with van der Waals surface area (Å²) in [5.41, 5.74) is -1.01. The van der Waals surface area contributed by atoms with Crippen molar-refractivity contribution in [1.29, 1.82) is 0 Å². The van der Waals surface area contributed by atoms with Gasteiger partial charge < -0.3 is 19.3 Å². The van der Waals surface area contributed by atoms with Crippen molar-refractivity contribution in [2.75, 3.05) is 13.7 Å². The van der Waals surface area contributed by atoms with Gasteiger partial charge in [0.1, 0.15) is 6.10 Å². The van der Waals surface area contributed by atoms with Crippen LogP contribution in [0.1, 0.15) is 27.7 Å². The van der Waals surface area contributed by atoms with Gasteiger partial charge >= 0.3 is 5.97 Å². The Bertz CT molecular complexity index is 272. The van der Waals surface area contributed by atoms with Gasteiger partial charge in [0.25, 0.3) is 0 Å². The number of aliphatic hydroxyl groups excluding tert-OH is 1. The monoisotopic (exact) mass is 232 g/mol. The van der Waals surface area contributed by atoms with Gasteiger partial charge in [-0.15, -0.1) is 0 Å². The molecule has 0 aliphatic carbocycles. The molecule has 1 rings (SSSR count). The van der Waals surface area contributed by atoms with E-state index in [0.717, 1.165) is 0 Å². The van der Waals surface area contributed by atoms with E-state index in [1.54, 1.807) is 27.7 Å². The van der Waals surface area contributed by atoms with Crippen LogP contribution in [0.25, 0.3) is 0 Å². The first-order valence-electron chi connectivity index (χ1n) is 5.29. The minimum atomic E-state index is -1.01. The Morgan fingerprint density at radius 1 is 1.56 bits per heavy atom. The summed E-state index contributed by atoms with van der Waals surface area (Å²) in [7, 11) is 1.30. The van der Waals surface area contributed by atoms with Crippen LogP contribution in [-0.4, -0.2) is 42.8 Å². The van der Waals surface area contributed by atoms with Crippen molar-refractivity contribution in [2.45, 2.75) is 45.7 Å². The van der Waals surface area contributed by atoms with Crippen LogP contribution in [0.4, 0.5) is 0 Å².